The lowest BCUT2D eigenvalue weighted by Gasteiger charge is -2.42. The molecular weight excluding hydrogens is 899 g/mol. The first-order valence-electron chi connectivity index (χ1n) is 23.6. The molecule has 5 amide bonds. The number of nitrogens with zero attached hydrogens (tertiary/aromatic N) is 2. The maximum atomic E-state index is 14.9. The van der Waals surface area contributed by atoms with Gasteiger partial charge in [-0.1, -0.05) is 107 Å². The van der Waals surface area contributed by atoms with Crippen LogP contribution in [0.3, 0.4) is 0 Å². The molecule has 0 unspecified atom stereocenters. The molecule has 1 heterocycles. The van der Waals surface area contributed by atoms with E-state index < -0.39 is 52.7 Å². The Morgan fingerprint density at radius 3 is 2.01 bits per heavy atom. The van der Waals surface area contributed by atoms with Gasteiger partial charge in [-0.3, -0.25) is 24.6 Å². The molecule has 0 bridgehead atoms. The molecule has 2 aromatic carbocycles. The Balaban J connectivity index is 1.92. The second kappa shape index (κ2) is 24.2. The van der Waals surface area contributed by atoms with Crippen molar-refractivity contribution in [3.63, 3.8) is 0 Å². The van der Waals surface area contributed by atoms with Crippen molar-refractivity contribution in [1.29, 1.82) is 0 Å². The summed E-state index contributed by atoms with van der Waals surface area (Å²) in [7, 11) is -3.18. The lowest BCUT2D eigenvalue weighted by molar-refractivity contribution is -0.130. The molecule has 3 rings (SSSR count). The molecule has 1 aliphatic heterocycles. The van der Waals surface area contributed by atoms with Crippen molar-refractivity contribution < 1.29 is 47.4 Å². The minimum atomic E-state index is -2.55. The Labute approximate surface area is 407 Å². The largest absolute Gasteiger partial charge is 0.540 e. The van der Waals surface area contributed by atoms with Crippen LogP contribution in [0.4, 0.5) is 21.0 Å². The number of anilines is 2. The van der Waals surface area contributed by atoms with Crippen LogP contribution in [0.2, 0.25) is 34.8 Å². The van der Waals surface area contributed by atoms with Crippen molar-refractivity contribution in [1.82, 2.24) is 15.1 Å². The highest BCUT2D eigenvalue weighted by Gasteiger charge is 2.48. The fourth-order valence-electron chi connectivity index (χ4n) is 8.53. The predicted molar refractivity (Wildman–Crippen MR) is 275 cm³/mol. The minimum Gasteiger partial charge on any atom is -0.540 e. The molecule has 0 radical (unpaired) electrons. The fourth-order valence-corrected chi connectivity index (χ4v) is 14.8. The van der Waals surface area contributed by atoms with Crippen LogP contribution in [-0.4, -0.2) is 99.8 Å². The topological polar surface area (TPSA) is 185 Å². The number of carbonyl (C=O) groups is 5. The first-order valence-corrected chi connectivity index (χ1v) is 28.7. The molecule has 1 aliphatic rings. The number of carbonyl (C=O) groups excluding carboxylic acids is 4. The number of nitrogens with one attached hydrogen (secondary N) is 3. The van der Waals surface area contributed by atoms with Crippen LogP contribution in [0.5, 0.6) is 11.5 Å². The molecule has 0 aliphatic carbocycles. The highest BCUT2D eigenvalue weighted by Crippen LogP contribution is 2.46. The summed E-state index contributed by atoms with van der Waals surface area (Å²) >= 11 is 0. The maximum absolute atomic E-state index is 14.9. The van der Waals surface area contributed by atoms with Gasteiger partial charge in [-0.05, 0) is 90.3 Å². The van der Waals surface area contributed by atoms with Gasteiger partial charge in [0.15, 0.2) is 14.1 Å². The molecule has 17 heteroatoms. The predicted octanol–water partition coefficient (Wildman–Crippen LogP) is 11.3. The van der Waals surface area contributed by atoms with E-state index >= 15 is 0 Å². The number of rotatable bonds is 22. The summed E-state index contributed by atoms with van der Waals surface area (Å²) in [5, 5.41) is 17.9. The molecule has 0 saturated carbocycles. The Morgan fingerprint density at radius 2 is 1.51 bits per heavy atom. The molecule has 376 valence electrons. The van der Waals surface area contributed by atoms with Crippen LogP contribution in [0, 0.1) is 5.92 Å². The second-order valence-corrected chi connectivity index (χ2v) is 30.5. The minimum absolute atomic E-state index is 0.0301. The number of hydrogen-bond acceptors (Lipinski definition) is 9. The summed E-state index contributed by atoms with van der Waals surface area (Å²) in [5.74, 6) is -1.05. The van der Waals surface area contributed by atoms with Gasteiger partial charge in [0, 0.05) is 24.5 Å². The Hall–Kier alpha value is -5.40. The summed E-state index contributed by atoms with van der Waals surface area (Å²) in [6.07, 6.45) is 5.69. The number of amides is 5. The highest BCUT2D eigenvalue weighted by molar-refractivity contribution is 6.78. The van der Waals surface area contributed by atoms with Crippen LogP contribution in [0.25, 0.3) is 0 Å². The van der Waals surface area contributed by atoms with Crippen LogP contribution < -0.4 is 25.1 Å². The SMILES string of the molecule is C=CCN(C(=O)O)[C@H](C(=O)N[C@@H](C)C(=O)Nc1ccc(COC(=O)Nc2cc(O[Si](C(C)C)(C(C)C)C(C)C)c(OC)cc2C(=O)N2C=C(C=CC)C[C@H]2CO[Si](C)(C)C(C)(C)C)cc1)C(C)C. The first-order chi connectivity index (χ1) is 31.6. The van der Waals surface area contributed by atoms with Crippen molar-refractivity contribution in [2.45, 2.75) is 156 Å². The van der Waals surface area contributed by atoms with Gasteiger partial charge in [0.2, 0.25) is 11.8 Å². The Bertz CT molecular complexity index is 2140. The molecule has 15 nitrogen and oxygen atoms in total. The third kappa shape index (κ3) is 14.1. The summed E-state index contributed by atoms with van der Waals surface area (Å²) in [6, 6.07) is 7.60. The van der Waals surface area contributed by atoms with Gasteiger partial charge in [-0.15, -0.1) is 6.58 Å². The molecule has 68 heavy (non-hydrogen) atoms. The van der Waals surface area contributed by atoms with Crippen molar-refractivity contribution in [3.8, 4) is 11.5 Å². The zero-order chi connectivity index (χ0) is 51.5. The van der Waals surface area contributed by atoms with Crippen LogP contribution in [-0.2, 0) is 25.4 Å². The first kappa shape index (κ1) is 56.9. The third-order valence-electron chi connectivity index (χ3n) is 13.1. The number of benzene rings is 2. The van der Waals surface area contributed by atoms with E-state index in [1.165, 1.54) is 20.1 Å². The lowest BCUT2D eigenvalue weighted by Crippen LogP contribution is -2.55. The van der Waals surface area contributed by atoms with Gasteiger partial charge in [-0.2, -0.15) is 0 Å². The van der Waals surface area contributed by atoms with E-state index in [1.54, 1.807) is 55.1 Å². The number of ether oxygens (including phenoxy) is 2. The summed E-state index contributed by atoms with van der Waals surface area (Å²) in [6.45, 7) is 34.6. The smallest absolute Gasteiger partial charge is 0.411 e. The molecular formula is C51H79N5O10Si2. The molecule has 2 aromatic rings. The highest BCUT2D eigenvalue weighted by atomic mass is 28.4. The average molecular weight is 978 g/mol. The molecule has 0 spiro atoms. The standard InChI is InChI=1S/C51H79N5O10Si2/c1-18-20-38-26-40(31-65-67(16,17)51(12,13)14)56(29-38)48(59)41-27-43(63-15)44(66-68(33(5)6,34(7)8)35(9)10)28-42(41)54-49(60)64-30-37-21-23-39(24-22-37)53-46(57)36(11)52-47(58)45(32(3)4)55(25-19-2)50(61)62/h18-24,27-29,32-36,40,45H,2,25-26,30-31H2,1,3-17H3,(H,52,58)(H,53,57)(H,54,60)(H,61,62)/t36-,40-,45-/m0/s1. The summed E-state index contributed by atoms with van der Waals surface area (Å²) in [5.41, 5.74) is 3.06. The number of allylic oxidation sites excluding steroid dienone is 2. The van der Waals surface area contributed by atoms with Gasteiger partial charge in [0.25, 0.3) is 14.2 Å². The van der Waals surface area contributed by atoms with Crippen LogP contribution in [0.1, 0.15) is 112 Å². The number of methoxy groups -OCH3 is 1. The zero-order valence-corrected chi connectivity index (χ0v) is 45.4. The molecule has 0 fully saturated rings. The number of carboxylic acid groups (broad SMARTS) is 1. The van der Waals surface area contributed by atoms with E-state index in [-0.39, 0.29) is 63.9 Å². The molecule has 0 saturated heterocycles. The van der Waals surface area contributed by atoms with Gasteiger partial charge < -0.3 is 39.0 Å². The second-order valence-electron chi connectivity index (χ2n) is 20.3. The Kier molecular flexibility index (Phi) is 20.3. The van der Waals surface area contributed by atoms with Crippen molar-refractivity contribution >= 4 is 57.9 Å². The zero-order valence-electron chi connectivity index (χ0n) is 43.4. The molecule has 3 atom stereocenters. The van der Waals surface area contributed by atoms with Crippen LogP contribution in [0.15, 0.2) is 73.0 Å². The van der Waals surface area contributed by atoms with E-state index in [1.807, 2.05) is 25.3 Å². The fraction of sp³-hybridized carbons (Fsp3) is 0.549. The monoisotopic (exact) mass is 978 g/mol. The third-order valence-corrected chi connectivity index (χ3v) is 23.6. The van der Waals surface area contributed by atoms with Gasteiger partial charge in [0.05, 0.1) is 31.0 Å². The van der Waals surface area contributed by atoms with Gasteiger partial charge in [0.1, 0.15) is 24.4 Å². The average Bonchev–Trinajstić information content (AvgIpc) is 3.65. The quantitative estimate of drug-likeness (QED) is 0.0654. The normalized spacial score (nSPS) is 15.3. The van der Waals surface area contributed by atoms with Gasteiger partial charge >= 0.3 is 12.2 Å². The van der Waals surface area contributed by atoms with E-state index in [4.69, 9.17) is 18.3 Å². The lowest BCUT2D eigenvalue weighted by atomic mass is 10.0. The van der Waals surface area contributed by atoms with E-state index in [9.17, 15) is 29.1 Å². The van der Waals surface area contributed by atoms with Crippen molar-refractivity contribution in [2.24, 2.45) is 5.92 Å². The number of hydrogen-bond donors (Lipinski definition) is 4. The van der Waals surface area contributed by atoms with Crippen LogP contribution >= 0.6 is 0 Å². The van der Waals surface area contributed by atoms with Gasteiger partial charge in [-0.25, -0.2) is 9.59 Å². The summed E-state index contributed by atoms with van der Waals surface area (Å²) < 4.78 is 25.4. The van der Waals surface area contributed by atoms with Crippen molar-refractivity contribution in [3.05, 3.63) is 84.1 Å². The van der Waals surface area contributed by atoms with Crippen molar-refractivity contribution in [2.75, 3.05) is 30.9 Å². The Morgan fingerprint density at radius 1 is 0.912 bits per heavy atom. The summed E-state index contributed by atoms with van der Waals surface area (Å²) in [4.78, 5) is 69.5. The maximum Gasteiger partial charge on any atom is 0.411 e. The molecule has 0 aromatic heterocycles. The van der Waals surface area contributed by atoms with E-state index in [2.05, 4.69) is 97.9 Å². The molecule has 4 N–H and O–H groups in total. The van der Waals surface area contributed by atoms with E-state index in [0.29, 0.717) is 35.8 Å². The van der Waals surface area contributed by atoms with E-state index in [0.717, 1.165) is 10.5 Å².